The van der Waals surface area contributed by atoms with Crippen molar-refractivity contribution in [3.8, 4) is 5.75 Å². The molecule has 1 spiro atoms. The van der Waals surface area contributed by atoms with Gasteiger partial charge >= 0.3 is 5.97 Å². The van der Waals surface area contributed by atoms with E-state index in [1.807, 2.05) is 30.3 Å². The number of aliphatic hydroxyl groups is 1. The lowest BCUT2D eigenvalue weighted by molar-refractivity contribution is -0.146. The Kier molecular flexibility index (Phi) is 11.1. The van der Waals surface area contributed by atoms with E-state index in [0.717, 1.165) is 105 Å². The first-order chi connectivity index (χ1) is 28.7. The van der Waals surface area contributed by atoms with Gasteiger partial charge in [-0.25, -0.2) is 0 Å². The monoisotopic (exact) mass is 791 g/mol. The highest BCUT2D eigenvalue weighted by atomic mass is 16.4. The SMILES string of the molecule is NCCC1=CC(C(C=O)CCCCCC2CC3=CCC(C(=O)O)C45CC6C(O)=c7ccccc7=CC6CC4C=Cc4ccc(cc45)CC2(c2ccc(O)cc2)CC3)CC1. The summed E-state index contributed by atoms with van der Waals surface area (Å²) in [5, 5.41) is 35.7. The Balaban J connectivity index is 1.06. The van der Waals surface area contributed by atoms with E-state index in [4.69, 9.17) is 5.73 Å². The summed E-state index contributed by atoms with van der Waals surface area (Å²) in [7, 11) is 0. The number of benzene rings is 3. The van der Waals surface area contributed by atoms with Gasteiger partial charge in [0.2, 0.25) is 0 Å². The van der Waals surface area contributed by atoms with Crippen LogP contribution in [-0.2, 0) is 26.8 Å². The van der Waals surface area contributed by atoms with E-state index in [1.165, 1.54) is 28.6 Å². The molecule has 4 bridgehead atoms. The van der Waals surface area contributed by atoms with Gasteiger partial charge in [0.1, 0.15) is 17.8 Å². The van der Waals surface area contributed by atoms with Gasteiger partial charge in [0.25, 0.3) is 0 Å². The quantitative estimate of drug-likeness (QED) is 0.0825. The summed E-state index contributed by atoms with van der Waals surface area (Å²) in [6, 6.07) is 22.9. The van der Waals surface area contributed by atoms with Crippen LogP contribution in [0.25, 0.3) is 17.9 Å². The molecule has 9 unspecified atom stereocenters. The molecule has 3 aromatic carbocycles. The van der Waals surface area contributed by atoms with Crippen LogP contribution in [-0.4, -0.2) is 34.1 Å². The minimum Gasteiger partial charge on any atom is -0.511 e. The van der Waals surface area contributed by atoms with E-state index in [9.17, 15) is 24.9 Å². The molecule has 0 aromatic heterocycles. The van der Waals surface area contributed by atoms with E-state index in [2.05, 4.69) is 66.8 Å². The lowest BCUT2D eigenvalue weighted by Gasteiger charge is -2.54. The Hall–Kier alpha value is -4.68. The highest BCUT2D eigenvalue weighted by molar-refractivity contribution is 5.76. The molecule has 5 N–H and O–H groups in total. The third-order valence-electron chi connectivity index (χ3n) is 16.1. The number of unbranched alkanes of at least 4 members (excludes halogenated alkanes) is 2. The Morgan fingerprint density at radius 3 is 2.64 bits per heavy atom. The van der Waals surface area contributed by atoms with Crippen molar-refractivity contribution in [1.82, 2.24) is 0 Å². The summed E-state index contributed by atoms with van der Waals surface area (Å²) in [6.45, 7) is 0.666. The fraction of sp³-hybridized carbons (Fsp3) is 0.472. The summed E-state index contributed by atoms with van der Waals surface area (Å²) in [5.74, 6) is 0.0464. The number of phenolic OH excluding ortho intramolecular Hbond substituents is 1. The number of aldehydes is 1. The summed E-state index contributed by atoms with van der Waals surface area (Å²) in [5.41, 5.74) is 12.5. The zero-order valence-electron chi connectivity index (χ0n) is 34.4. The van der Waals surface area contributed by atoms with Crippen molar-refractivity contribution in [2.75, 3.05) is 6.54 Å². The maximum Gasteiger partial charge on any atom is 0.307 e. The zero-order chi connectivity index (χ0) is 40.7. The molecule has 0 amide bonds. The number of aliphatic carboxylic acids is 1. The van der Waals surface area contributed by atoms with Gasteiger partial charge in [0.15, 0.2) is 0 Å². The lowest BCUT2D eigenvalue weighted by atomic mass is 9.48. The number of allylic oxidation sites excluding steroid dienone is 4. The van der Waals surface area contributed by atoms with Crippen LogP contribution in [0.3, 0.4) is 0 Å². The van der Waals surface area contributed by atoms with Gasteiger partial charge < -0.3 is 25.8 Å². The molecular formula is C53H61NO5. The second-order valence-electron chi connectivity index (χ2n) is 19.1. The topological polar surface area (TPSA) is 121 Å². The fourth-order valence-electron chi connectivity index (χ4n) is 13.1. The first-order valence-electron chi connectivity index (χ1n) is 22.6. The molecule has 9 atom stereocenters. The van der Waals surface area contributed by atoms with Gasteiger partial charge in [-0.2, -0.15) is 0 Å². The van der Waals surface area contributed by atoms with Crippen molar-refractivity contribution >= 4 is 30.2 Å². The first kappa shape index (κ1) is 39.8. The number of carboxylic acids is 1. The third-order valence-corrected chi connectivity index (χ3v) is 16.1. The second-order valence-corrected chi connectivity index (χ2v) is 19.1. The normalized spacial score (nSPS) is 31.0. The van der Waals surface area contributed by atoms with Crippen LogP contribution >= 0.6 is 0 Å². The van der Waals surface area contributed by atoms with Gasteiger partial charge in [-0.05, 0) is 147 Å². The number of carboxylic acid groups (broad SMARTS) is 1. The van der Waals surface area contributed by atoms with E-state index in [0.29, 0.717) is 37.0 Å². The van der Waals surface area contributed by atoms with Crippen molar-refractivity contribution in [2.45, 2.75) is 107 Å². The van der Waals surface area contributed by atoms with Crippen LogP contribution in [0.5, 0.6) is 5.75 Å². The fourth-order valence-corrected chi connectivity index (χ4v) is 13.1. The molecule has 0 aliphatic heterocycles. The molecular weight excluding hydrogens is 731 g/mol. The Morgan fingerprint density at radius 2 is 1.83 bits per heavy atom. The number of hydrogen-bond acceptors (Lipinski definition) is 5. The Bertz CT molecular complexity index is 2300. The van der Waals surface area contributed by atoms with Crippen LogP contribution in [0.1, 0.15) is 112 Å². The minimum atomic E-state index is -0.753. The number of nitrogens with two attached hydrogens (primary N) is 1. The number of phenols is 1. The molecule has 7 aliphatic rings. The van der Waals surface area contributed by atoms with Gasteiger partial charge in [-0.1, -0.05) is 115 Å². The van der Waals surface area contributed by atoms with Crippen LogP contribution in [0, 0.1) is 41.4 Å². The third kappa shape index (κ3) is 7.23. The Labute approximate surface area is 349 Å². The first-order valence-corrected chi connectivity index (χ1v) is 22.6. The van der Waals surface area contributed by atoms with Crippen LogP contribution in [0.2, 0.25) is 0 Å². The van der Waals surface area contributed by atoms with E-state index >= 15 is 0 Å². The summed E-state index contributed by atoms with van der Waals surface area (Å²) >= 11 is 0. The number of hydrogen-bond donors (Lipinski definition) is 4. The van der Waals surface area contributed by atoms with Crippen LogP contribution < -0.4 is 16.2 Å². The average Bonchev–Trinajstić information content (AvgIpc) is 3.70. The molecule has 6 heteroatoms. The predicted octanol–water partition coefficient (Wildman–Crippen LogP) is 9.22. The molecule has 308 valence electrons. The largest absolute Gasteiger partial charge is 0.511 e. The molecule has 6 nitrogen and oxygen atoms in total. The second kappa shape index (κ2) is 16.4. The predicted molar refractivity (Wildman–Crippen MR) is 235 cm³/mol. The van der Waals surface area contributed by atoms with Crippen molar-refractivity contribution in [3.05, 3.63) is 129 Å². The van der Waals surface area contributed by atoms with Gasteiger partial charge in [-0.3, -0.25) is 4.79 Å². The van der Waals surface area contributed by atoms with E-state index < -0.39 is 17.3 Å². The molecule has 0 radical (unpaired) electrons. The molecule has 2 fully saturated rings. The van der Waals surface area contributed by atoms with Gasteiger partial charge in [0.05, 0.1) is 5.92 Å². The number of carbonyl (C=O) groups is 2. The van der Waals surface area contributed by atoms with Gasteiger partial charge in [0, 0.05) is 27.9 Å². The van der Waals surface area contributed by atoms with Crippen LogP contribution in [0.4, 0.5) is 0 Å². The highest BCUT2D eigenvalue weighted by Gasteiger charge is 2.57. The molecule has 7 aliphatic carbocycles. The van der Waals surface area contributed by atoms with Crippen molar-refractivity contribution in [3.63, 3.8) is 0 Å². The van der Waals surface area contributed by atoms with Gasteiger partial charge in [-0.15, -0.1) is 0 Å². The van der Waals surface area contributed by atoms with Crippen LogP contribution in [0.15, 0.2) is 96.1 Å². The average molecular weight is 792 g/mol. The van der Waals surface area contributed by atoms with E-state index in [-0.39, 0.29) is 34.8 Å². The summed E-state index contributed by atoms with van der Waals surface area (Å²) in [4.78, 5) is 26.0. The number of aliphatic hydroxyl groups excluding tert-OH is 1. The molecule has 3 aromatic rings. The highest BCUT2D eigenvalue weighted by Crippen LogP contribution is 2.60. The summed E-state index contributed by atoms with van der Waals surface area (Å²) < 4.78 is 0. The molecule has 0 saturated heterocycles. The Morgan fingerprint density at radius 1 is 0.983 bits per heavy atom. The minimum absolute atomic E-state index is 0.0238. The van der Waals surface area contributed by atoms with Crippen molar-refractivity contribution in [1.29, 1.82) is 0 Å². The number of fused-ring (bicyclic) bond motifs is 6. The van der Waals surface area contributed by atoms with Crippen molar-refractivity contribution in [2.24, 2.45) is 47.2 Å². The standard InChI is InChI=1S/C53H61NO5/c54-25-23-35-10-14-38(26-35)40(33-55)7-2-1-3-8-43-27-34-12-21-48(51(58)59)53-32-47-41(29-39-6-4-5-9-46(39)50(47)57)30-44(53)16-15-37-13-11-36(28-49(37)53)31-52(43,24-22-34)42-17-19-45(56)20-18-42/h4-6,9,11-13,15-20,26,28-29,33,38,40-41,43-44,47-48,56-57H,1-3,7-8,10,14,21-25,27,30-32,54H2,(H,58,59). The molecule has 10 rings (SSSR count). The number of aromatic hydroxyl groups is 1. The van der Waals surface area contributed by atoms with Crippen molar-refractivity contribution < 1.29 is 24.9 Å². The molecule has 59 heavy (non-hydrogen) atoms. The maximum absolute atomic E-state index is 13.8. The molecule has 2 saturated carbocycles. The number of carbonyl (C=O) groups excluding carboxylic acids is 1. The smallest absolute Gasteiger partial charge is 0.307 e. The number of rotatable bonds is 12. The maximum atomic E-state index is 13.8. The van der Waals surface area contributed by atoms with E-state index in [1.54, 1.807) is 0 Å². The lowest BCUT2D eigenvalue weighted by Crippen LogP contribution is -2.54. The summed E-state index contributed by atoms with van der Waals surface area (Å²) in [6.07, 6.45) is 26.4. The zero-order valence-corrected chi connectivity index (χ0v) is 34.4. The molecule has 0 heterocycles.